The molecule has 0 aromatic rings. The number of hydrogen-bond acceptors (Lipinski definition) is 4. The second-order valence-corrected chi connectivity index (χ2v) is 4.05. The normalized spacial score (nSPS) is 31.5. The molecule has 0 spiro atoms. The predicted molar refractivity (Wildman–Crippen MR) is 55.3 cm³/mol. The summed E-state index contributed by atoms with van der Waals surface area (Å²) in [4.78, 5) is 2.59. The third-order valence-electron chi connectivity index (χ3n) is 2.56. The Hall–Kier alpha value is 0.0300. The average molecular weight is 242 g/mol. The summed E-state index contributed by atoms with van der Waals surface area (Å²) < 4.78 is 16.6. The maximum Gasteiger partial charge on any atom is 0.335 e. The highest BCUT2D eigenvalue weighted by molar-refractivity contribution is 7.51. The average Bonchev–Trinajstić information content (AvgIpc) is 2.11. The molecule has 4 nitrogen and oxygen atoms in total. The Morgan fingerprint density at radius 2 is 2.07 bits per heavy atom. The Balaban J connectivity index is 0.000000500. The van der Waals surface area contributed by atoms with Crippen LogP contribution in [0.4, 0.5) is 0 Å². The summed E-state index contributed by atoms with van der Waals surface area (Å²) >= 11 is 4.63. The SMILES string of the molecule is C[C@@H]1CC[C@@H](CNCl)[C@H](O)C1.O=S=O. The summed E-state index contributed by atoms with van der Waals surface area (Å²) in [6.45, 7) is 2.92. The van der Waals surface area contributed by atoms with Crippen LogP contribution in [-0.4, -0.2) is 26.2 Å². The fourth-order valence-electron chi connectivity index (χ4n) is 1.75. The van der Waals surface area contributed by atoms with Crippen LogP contribution in [-0.2, 0) is 11.6 Å². The smallest absolute Gasteiger partial charge is 0.335 e. The van der Waals surface area contributed by atoms with E-state index in [-0.39, 0.29) is 6.10 Å². The zero-order valence-corrected chi connectivity index (χ0v) is 9.68. The summed E-state index contributed by atoms with van der Waals surface area (Å²) in [6.07, 6.45) is 3.11. The number of aliphatic hydroxyl groups excluding tert-OH is 1. The van der Waals surface area contributed by atoms with Gasteiger partial charge in [-0.05, 0) is 36.5 Å². The highest BCUT2D eigenvalue weighted by Gasteiger charge is 2.26. The summed E-state index contributed by atoms with van der Waals surface area (Å²) in [6, 6.07) is 0. The molecule has 3 atom stereocenters. The molecule has 1 aliphatic rings. The quantitative estimate of drug-likeness (QED) is 0.704. The van der Waals surface area contributed by atoms with Gasteiger partial charge in [0.15, 0.2) is 0 Å². The molecule has 1 saturated carbocycles. The molecule has 0 heterocycles. The largest absolute Gasteiger partial charge is 0.393 e. The number of halogens is 1. The molecule has 0 bridgehead atoms. The van der Waals surface area contributed by atoms with Crippen LogP contribution in [0.2, 0.25) is 0 Å². The van der Waals surface area contributed by atoms with Crippen molar-refractivity contribution in [1.82, 2.24) is 4.84 Å². The fraction of sp³-hybridized carbons (Fsp3) is 1.00. The molecule has 0 saturated heterocycles. The standard InChI is InChI=1S/C8H16ClNO.O2S/c1-6-2-3-7(5-10-9)8(11)4-6;1-3-2/h6-8,10-11H,2-5H2,1H3;/t6-,7+,8-;/m1./s1. The van der Waals surface area contributed by atoms with Gasteiger partial charge in [-0.15, -0.1) is 0 Å². The topological polar surface area (TPSA) is 66.4 Å². The summed E-state index contributed by atoms with van der Waals surface area (Å²) in [5.41, 5.74) is 0. The van der Waals surface area contributed by atoms with Crippen LogP contribution in [0.3, 0.4) is 0 Å². The van der Waals surface area contributed by atoms with Crippen molar-refractivity contribution < 1.29 is 13.5 Å². The molecule has 0 aliphatic heterocycles. The van der Waals surface area contributed by atoms with E-state index in [9.17, 15) is 5.11 Å². The van der Waals surface area contributed by atoms with E-state index in [1.807, 2.05) is 0 Å². The molecular weight excluding hydrogens is 226 g/mol. The first-order valence-corrected chi connectivity index (χ1v) is 5.63. The zero-order chi connectivity index (χ0) is 11.0. The van der Waals surface area contributed by atoms with Gasteiger partial charge in [0.1, 0.15) is 0 Å². The number of aliphatic hydroxyl groups is 1. The molecular formula is C8H16ClNO3S. The molecule has 6 heteroatoms. The molecule has 1 fully saturated rings. The van der Waals surface area contributed by atoms with Crippen LogP contribution >= 0.6 is 11.8 Å². The van der Waals surface area contributed by atoms with Crippen LogP contribution in [0.25, 0.3) is 0 Å². The molecule has 1 rings (SSSR count). The van der Waals surface area contributed by atoms with E-state index in [1.54, 1.807) is 0 Å². The summed E-state index contributed by atoms with van der Waals surface area (Å²) in [5.74, 6) is 1.04. The monoisotopic (exact) mass is 241 g/mol. The molecule has 2 N–H and O–H groups in total. The van der Waals surface area contributed by atoms with Gasteiger partial charge in [-0.2, -0.15) is 8.42 Å². The van der Waals surface area contributed by atoms with Gasteiger partial charge in [0.05, 0.1) is 6.10 Å². The Morgan fingerprint density at radius 3 is 2.50 bits per heavy atom. The van der Waals surface area contributed by atoms with E-state index < -0.39 is 11.6 Å². The number of hydrogen-bond donors (Lipinski definition) is 2. The minimum atomic E-state index is -0.750. The van der Waals surface area contributed by atoms with Crippen molar-refractivity contribution in [2.75, 3.05) is 6.54 Å². The first-order valence-electron chi connectivity index (χ1n) is 4.59. The molecule has 0 unspecified atom stereocenters. The lowest BCUT2D eigenvalue weighted by molar-refractivity contribution is 0.0515. The minimum absolute atomic E-state index is 0.148. The third-order valence-corrected chi connectivity index (χ3v) is 2.71. The van der Waals surface area contributed by atoms with Crippen LogP contribution in [0.5, 0.6) is 0 Å². The predicted octanol–water partition coefficient (Wildman–Crippen LogP) is 0.857. The fourth-order valence-corrected chi connectivity index (χ4v) is 1.95. The summed E-state index contributed by atoms with van der Waals surface area (Å²) in [7, 11) is 0. The second kappa shape index (κ2) is 8.35. The van der Waals surface area contributed by atoms with Gasteiger partial charge in [0.2, 0.25) is 0 Å². The molecule has 84 valence electrons. The molecule has 0 aromatic heterocycles. The summed E-state index contributed by atoms with van der Waals surface area (Å²) in [5, 5.41) is 9.57. The van der Waals surface area contributed by atoms with Crippen molar-refractivity contribution in [1.29, 1.82) is 0 Å². The second-order valence-electron chi connectivity index (χ2n) is 3.65. The highest BCUT2D eigenvalue weighted by atomic mass is 35.5. The third kappa shape index (κ3) is 5.70. The zero-order valence-electron chi connectivity index (χ0n) is 8.11. The van der Waals surface area contributed by atoms with Gasteiger partial charge < -0.3 is 5.11 Å². The maximum absolute atomic E-state index is 9.57. The Labute approximate surface area is 92.7 Å². The first kappa shape index (κ1) is 14.0. The van der Waals surface area contributed by atoms with E-state index >= 15 is 0 Å². The van der Waals surface area contributed by atoms with E-state index in [0.29, 0.717) is 11.8 Å². The lowest BCUT2D eigenvalue weighted by Crippen LogP contribution is -2.33. The van der Waals surface area contributed by atoms with Gasteiger partial charge >= 0.3 is 11.6 Å². The number of rotatable bonds is 2. The molecule has 1 aliphatic carbocycles. The van der Waals surface area contributed by atoms with Gasteiger partial charge in [0.25, 0.3) is 0 Å². The highest BCUT2D eigenvalue weighted by Crippen LogP contribution is 2.28. The van der Waals surface area contributed by atoms with Crippen LogP contribution in [0.1, 0.15) is 26.2 Å². The lowest BCUT2D eigenvalue weighted by Gasteiger charge is -2.30. The Bertz CT molecular complexity index is 187. The first-order chi connectivity index (χ1) is 6.65. The van der Waals surface area contributed by atoms with Crippen molar-refractivity contribution in [3.05, 3.63) is 0 Å². The van der Waals surface area contributed by atoms with Crippen molar-refractivity contribution in [3.8, 4) is 0 Å². The maximum atomic E-state index is 9.57. The van der Waals surface area contributed by atoms with E-state index in [2.05, 4.69) is 11.8 Å². The van der Waals surface area contributed by atoms with Gasteiger partial charge in [-0.25, -0.2) is 4.84 Å². The van der Waals surface area contributed by atoms with Crippen LogP contribution < -0.4 is 4.84 Å². The minimum Gasteiger partial charge on any atom is -0.393 e. The van der Waals surface area contributed by atoms with Crippen molar-refractivity contribution in [2.24, 2.45) is 11.8 Å². The van der Waals surface area contributed by atoms with Gasteiger partial charge in [-0.1, -0.05) is 13.3 Å². The number of nitrogens with one attached hydrogen (secondary N) is 1. The van der Waals surface area contributed by atoms with Crippen LogP contribution in [0, 0.1) is 11.8 Å². The van der Waals surface area contributed by atoms with Crippen molar-refractivity contribution in [2.45, 2.75) is 32.3 Å². The van der Waals surface area contributed by atoms with Crippen LogP contribution in [0.15, 0.2) is 0 Å². The Morgan fingerprint density at radius 1 is 1.50 bits per heavy atom. The molecule has 0 radical (unpaired) electrons. The van der Waals surface area contributed by atoms with E-state index in [0.717, 1.165) is 19.4 Å². The van der Waals surface area contributed by atoms with Gasteiger partial charge in [-0.3, -0.25) is 0 Å². The molecule has 14 heavy (non-hydrogen) atoms. The van der Waals surface area contributed by atoms with Gasteiger partial charge in [0, 0.05) is 6.54 Å². The van der Waals surface area contributed by atoms with E-state index in [1.165, 1.54) is 6.42 Å². The lowest BCUT2D eigenvalue weighted by atomic mass is 9.81. The van der Waals surface area contributed by atoms with Crippen molar-refractivity contribution >= 4 is 23.3 Å². The van der Waals surface area contributed by atoms with Crippen molar-refractivity contribution in [3.63, 3.8) is 0 Å². The molecule has 0 amide bonds. The Kier molecular flexibility index (Phi) is 8.37. The van der Waals surface area contributed by atoms with E-state index in [4.69, 9.17) is 20.2 Å². The molecule has 0 aromatic carbocycles.